The number of nitrogens with one attached hydrogen (secondary N) is 1. The molecular weight excluding hydrogens is 274 g/mol. The predicted molar refractivity (Wildman–Crippen MR) is 74.6 cm³/mol. The summed E-state index contributed by atoms with van der Waals surface area (Å²) in [4.78, 5) is 35.8. The number of likely N-dealkylation sites (tertiary alicyclic amines) is 1. The third kappa shape index (κ3) is 3.44. The Kier molecular flexibility index (Phi) is 4.32. The van der Waals surface area contributed by atoms with Crippen LogP contribution in [0.5, 0.6) is 5.75 Å². The van der Waals surface area contributed by atoms with Crippen molar-refractivity contribution >= 4 is 23.4 Å². The van der Waals surface area contributed by atoms with E-state index in [4.69, 9.17) is 0 Å². The lowest BCUT2D eigenvalue weighted by molar-refractivity contribution is -0.137. The van der Waals surface area contributed by atoms with Crippen LogP contribution in [0.2, 0.25) is 0 Å². The number of carbonyl (C=O) groups is 3. The molecule has 1 aromatic rings. The van der Waals surface area contributed by atoms with Gasteiger partial charge in [-0.2, -0.15) is 5.10 Å². The van der Waals surface area contributed by atoms with Crippen molar-refractivity contribution in [2.45, 2.75) is 19.8 Å². The zero-order chi connectivity index (χ0) is 15.4. The molecule has 0 saturated carbocycles. The molecule has 1 heterocycles. The number of rotatable bonds is 4. The van der Waals surface area contributed by atoms with E-state index >= 15 is 0 Å². The van der Waals surface area contributed by atoms with Gasteiger partial charge in [0.1, 0.15) is 5.75 Å². The lowest BCUT2D eigenvalue weighted by Gasteiger charge is -2.13. The van der Waals surface area contributed by atoms with Crippen LogP contribution in [0.4, 0.5) is 0 Å². The van der Waals surface area contributed by atoms with Crippen molar-refractivity contribution in [2.75, 3.05) is 6.54 Å². The zero-order valence-electron chi connectivity index (χ0n) is 11.5. The molecule has 1 aliphatic rings. The minimum absolute atomic E-state index is 0.0543. The summed E-state index contributed by atoms with van der Waals surface area (Å²) in [5, 5.41) is 13.4. The summed E-state index contributed by atoms with van der Waals surface area (Å²) in [6.45, 7) is 1.66. The molecule has 3 amide bonds. The van der Waals surface area contributed by atoms with E-state index in [1.165, 1.54) is 12.1 Å². The largest absolute Gasteiger partial charge is 0.507 e. The normalized spacial score (nSPS) is 15.5. The maximum absolute atomic E-state index is 11.8. The molecule has 2 N–H and O–H groups in total. The summed E-state index contributed by atoms with van der Waals surface area (Å²) in [6, 6.07) is 6.08. The maximum atomic E-state index is 11.8. The first kappa shape index (κ1) is 14.7. The van der Waals surface area contributed by atoms with E-state index in [-0.39, 0.29) is 42.5 Å². The molecule has 1 aromatic carbocycles. The Labute approximate surface area is 121 Å². The van der Waals surface area contributed by atoms with Gasteiger partial charge in [-0.25, -0.2) is 5.43 Å². The van der Waals surface area contributed by atoms with Crippen LogP contribution in [-0.4, -0.2) is 40.0 Å². The second-order valence-electron chi connectivity index (χ2n) is 4.68. The van der Waals surface area contributed by atoms with E-state index in [1.54, 1.807) is 19.1 Å². The lowest BCUT2D eigenvalue weighted by atomic mass is 10.2. The van der Waals surface area contributed by atoms with Gasteiger partial charge in [-0.15, -0.1) is 0 Å². The molecule has 0 atom stereocenters. The molecule has 7 heteroatoms. The number of aromatic hydroxyl groups is 1. The molecule has 0 unspecified atom stereocenters. The fraction of sp³-hybridized carbons (Fsp3) is 0.286. The summed E-state index contributed by atoms with van der Waals surface area (Å²) in [5.41, 5.74) is 2.80. The van der Waals surface area contributed by atoms with Crippen molar-refractivity contribution in [1.82, 2.24) is 10.3 Å². The van der Waals surface area contributed by atoms with Gasteiger partial charge in [0.25, 0.3) is 5.91 Å². The highest BCUT2D eigenvalue weighted by atomic mass is 16.3. The molecule has 1 fully saturated rings. The van der Waals surface area contributed by atoms with Crippen molar-refractivity contribution in [3.63, 3.8) is 0 Å². The van der Waals surface area contributed by atoms with Gasteiger partial charge < -0.3 is 5.11 Å². The number of hydrazone groups is 1. The molecule has 0 radical (unpaired) electrons. The Balaban J connectivity index is 1.97. The minimum atomic E-state index is -0.563. The smallest absolute Gasteiger partial charge is 0.275 e. The fourth-order valence-electron chi connectivity index (χ4n) is 1.94. The number of carbonyl (C=O) groups excluding carboxylic acids is 3. The highest BCUT2D eigenvalue weighted by molar-refractivity contribution is 6.05. The van der Waals surface area contributed by atoms with Gasteiger partial charge in [-0.05, 0) is 19.1 Å². The SMILES string of the molecule is C/C(CN1C(=O)CCC1=O)=N\NC(=O)c1ccccc1O. The number of hydrogen-bond acceptors (Lipinski definition) is 5. The first-order valence-electron chi connectivity index (χ1n) is 6.43. The van der Waals surface area contributed by atoms with Crippen LogP contribution < -0.4 is 5.43 Å². The summed E-state index contributed by atoms with van der Waals surface area (Å²) in [7, 11) is 0. The number of amides is 3. The lowest BCUT2D eigenvalue weighted by Crippen LogP contribution is -2.34. The highest BCUT2D eigenvalue weighted by Gasteiger charge is 2.28. The average Bonchev–Trinajstić information content (AvgIpc) is 2.77. The van der Waals surface area contributed by atoms with Gasteiger partial charge in [-0.3, -0.25) is 19.3 Å². The molecular formula is C14H15N3O4. The first-order chi connectivity index (χ1) is 9.99. The Hall–Kier alpha value is -2.70. The summed E-state index contributed by atoms with van der Waals surface area (Å²) in [6.07, 6.45) is 0.437. The Morgan fingerprint density at radius 2 is 1.90 bits per heavy atom. The quantitative estimate of drug-likeness (QED) is 0.483. The van der Waals surface area contributed by atoms with Crippen molar-refractivity contribution in [1.29, 1.82) is 0 Å². The number of phenols is 1. The zero-order valence-corrected chi connectivity index (χ0v) is 11.5. The molecule has 0 aliphatic carbocycles. The van der Waals surface area contributed by atoms with Gasteiger partial charge in [-0.1, -0.05) is 12.1 Å². The standard InChI is InChI=1S/C14H15N3O4/c1-9(8-17-12(19)6-7-13(17)20)15-16-14(21)10-4-2-3-5-11(10)18/h2-5,18H,6-8H2,1H3,(H,16,21)/b15-9+. The second kappa shape index (κ2) is 6.17. The number of phenolic OH excluding ortho intramolecular Hbond substituents is 1. The van der Waals surface area contributed by atoms with Gasteiger partial charge in [0.15, 0.2) is 0 Å². The van der Waals surface area contributed by atoms with Crippen LogP contribution in [0.3, 0.4) is 0 Å². The maximum Gasteiger partial charge on any atom is 0.275 e. The third-order valence-electron chi connectivity index (χ3n) is 3.04. The van der Waals surface area contributed by atoms with E-state index in [1.807, 2.05) is 0 Å². The van der Waals surface area contributed by atoms with E-state index in [0.717, 1.165) is 4.90 Å². The Morgan fingerprint density at radius 1 is 1.29 bits per heavy atom. The van der Waals surface area contributed by atoms with Crippen LogP contribution in [0.25, 0.3) is 0 Å². The van der Waals surface area contributed by atoms with Crippen LogP contribution in [0, 0.1) is 0 Å². The third-order valence-corrected chi connectivity index (χ3v) is 3.04. The number of imide groups is 1. The second-order valence-corrected chi connectivity index (χ2v) is 4.68. The Morgan fingerprint density at radius 3 is 2.52 bits per heavy atom. The number of nitrogens with zero attached hydrogens (tertiary/aromatic N) is 2. The minimum Gasteiger partial charge on any atom is -0.507 e. The van der Waals surface area contributed by atoms with E-state index < -0.39 is 5.91 Å². The van der Waals surface area contributed by atoms with Crippen LogP contribution >= 0.6 is 0 Å². The molecule has 7 nitrogen and oxygen atoms in total. The molecule has 110 valence electrons. The molecule has 0 spiro atoms. The molecule has 1 saturated heterocycles. The van der Waals surface area contributed by atoms with Crippen molar-refractivity contribution in [3.05, 3.63) is 29.8 Å². The van der Waals surface area contributed by atoms with Crippen molar-refractivity contribution < 1.29 is 19.5 Å². The molecule has 2 rings (SSSR count). The van der Waals surface area contributed by atoms with Gasteiger partial charge in [0.2, 0.25) is 11.8 Å². The van der Waals surface area contributed by atoms with Crippen LogP contribution in [-0.2, 0) is 9.59 Å². The average molecular weight is 289 g/mol. The van der Waals surface area contributed by atoms with Gasteiger partial charge >= 0.3 is 0 Å². The summed E-state index contributed by atoms with van der Waals surface area (Å²) >= 11 is 0. The monoisotopic (exact) mass is 289 g/mol. The summed E-state index contributed by atoms with van der Waals surface area (Å²) < 4.78 is 0. The van der Waals surface area contributed by atoms with E-state index in [2.05, 4.69) is 10.5 Å². The molecule has 0 bridgehead atoms. The number of benzene rings is 1. The molecule has 0 aromatic heterocycles. The van der Waals surface area contributed by atoms with E-state index in [9.17, 15) is 19.5 Å². The van der Waals surface area contributed by atoms with Gasteiger partial charge in [0.05, 0.1) is 17.8 Å². The van der Waals surface area contributed by atoms with Crippen LogP contribution in [0.1, 0.15) is 30.1 Å². The van der Waals surface area contributed by atoms with Crippen LogP contribution in [0.15, 0.2) is 29.4 Å². The molecule has 1 aliphatic heterocycles. The number of para-hydroxylation sites is 1. The van der Waals surface area contributed by atoms with Crippen molar-refractivity contribution in [2.24, 2.45) is 5.10 Å². The first-order valence-corrected chi connectivity index (χ1v) is 6.43. The highest BCUT2D eigenvalue weighted by Crippen LogP contribution is 2.15. The fourth-order valence-corrected chi connectivity index (χ4v) is 1.94. The number of hydrogen-bond donors (Lipinski definition) is 2. The van der Waals surface area contributed by atoms with E-state index in [0.29, 0.717) is 5.71 Å². The Bertz CT molecular complexity index is 608. The van der Waals surface area contributed by atoms with Gasteiger partial charge in [0, 0.05) is 12.8 Å². The predicted octanol–water partition coefficient (Wildman–Crippen LogP) is 0.647. The van der Waals surface area contributed by atoms with Crippen molar-refractivity contribution in [3.8, 4) is 5.75 Å². The topological polar surface area (TPSA) is 99.1 Å². The summed E-state index contributed by atoms with van der Waals surface area (Å²) in [5.74, 6) is -1.18. The molecule has 21 heavy (non-hydrogen) atoms.